The van der Waals surface area contributed by atoms with Crippen molar-refractivity contribution < 1.29 is 14.3 Å². The second kappa shape index (κ2) is 5.71. The quantitative estimate of drug-likeness (QED) is 0.627. The summed E-state index contributed by atoms with van der Waals surface area (Å²) in [6, 6.07) is 0. The van der Waals surface area contributed by atoms with Crippen LogP contribution >= 0.6 is 0 Å². The third-order valence-corrected chi connectivity index (χ3v) is 6.16. The zero-order chi connectivity index (χ0) is 15.9. The molecular formula is C18H27NO3. The smallest absolute Gasteiger partial charge is 0.325 e. The van der Waals surface area contributed by atoms with Crippen molar-refractivity contribution in [2.24, 2.45) is 23.7 Å². The molecule has 0 aliphatic heterocycles. The maximum absolute atomic E-state index is 12.3. The fourth-order valence-electron chi connectivity index (χ4n) is 5.35. The monoisotopic (exact) mass is 305 g/mol. The lowest BCUT2D eigenvalue weighted by Gasteiger charge is -2.60. The van der Waals surface area contributed by atoms with E-state index in [2.05, 4.69) is 18.8 Å². The van der Waals surface area contributed by atoms with Gasteiger partial charge in [0.15, 0.2) is 0 Å². The number of esters is 1. The van der Waals surface area contributed by atoms with Crippen molar-refractivity contribution in [1.29, 1.82) is 0 Å². The van der Waals surface area contributed by atoms with Crippen molar-refractivity contribution in [2.45, 2.75) is 58.0 Å². The lowest BCUT2D eigenvalue weighted by molar-refractivity contribution is -0.210. The maximum Gasteiger partial charge on any atom is 0.325 e. The molecular weight excluding hydrogens is 278 g/mol. The van der Waals surface area contributed by atoms with Gasteiger partial charge in [0.05, 0.1) is 0 Å². The molecule has 122 valence electrons. The van der Waals surface area contributed by atoms with E-state index in [1.54, 1.807) is 6.92 Å². The summed E-state index contributed by atoms with van der Waals surface area (Å²) in [6.45, 7) is 7.29. The van der Waals surface area contributed by atoms with E-state index in [1.165, 1.54) is 32.1 Å². The molecule has 4 fully saturated rings. The number of rotatable bonds is 5. The zero-order valence-electron chi connectivity index (χ0n) is 13.7. The van der Waals surface area contributed by atoms with Crippen LogP contribution in [0.1, 0.15) is 52.4 Å². The van der Waals surface area contributed by atoms with Gasteiger partial charge in [0.25, 0.3) is 0 Å². The highest BCUT2D eigenvalue weighted by Gasteiger charge is 2.58. The molecule has 0 spiro atoms. The first-order valence-electron chi connectivity index (χ1n) is 8.60. The van der Waals surface area contributed by atoms with Crippen LogP contribution < -0.4 is 5.32 Å². The number of ether oxygens (including phenoxy) is 1. The molecule has 0 aromatic rings. The number of carbonyl (C=O) groups excluding carboxylic acids is 2. The average molecular weight is 305 g/mol. The molecule has 4 rings (SSSR count). The van der Waals surface area contributed by atoms with E-state index in [-0.39, 0.29) is 24.0 Å². The first kappa shape index (κ1) is 15.6. The second-order valence-electron chi connectivity index (χ2n) is 7.55. The highest BCUT2D eigenvalue weighted by atomic mass is 16.6. The van der Waals surface area contributed by atoms with Gasteiger partial charge in [-0.3, -0.25) is 9.59 Å². The molecule has 4 nitrogen and oxygen atoms in total. The van der Waals surface area contributed by atoms with Crippen molar-refractivity contribution in [3.63, 3.8) is 0 Å². The molecule has 4 aliphatic rings. The number of amides is 1. The largest absolute Gasteiger partial charge is 0.457 e. The summed E-state index contributed by atoms with van der Waals surface area (Å²) in [5, 5.41) is 2.58. The normalized spacial score (nSPS) is 38.6. The third-order valence-electron chi connectivity index (χ3n) is 6.16. The summed E-state index contributed by atoms with van der Waals surface area (Å²) in [5.41, 5.74) is 0.131. The Labute approximate surface area is 132 Å². The SMILES string of the molecule is C=C(C)C(=O)NCC(=O)OC1(CC)C2CC3CC(C2)CC1C3. The van der Waals surface area contributed by atoms with Crippen LogP contribution in [0, 0.1) is 23.7 Å². The van der Waals surface area contributed by atoms with Gasteiger partial charge in [-0.1, -0.05) is 13.5 Å². The Bertz CT molecular complexity index is 469. The minimum Gasteiger partial charge on any atom is -0.457 e. The summed E-state index contributed by atoms with van der Waals surface area (Å²) < 4.78 is 6.01. The van der Waals surface area contributed by atoms with Crippen molar-refractivity contribution >= 4 is 11.9 Å². The minimum absolute atomic E-state index is 0.0558. The van der Waals surface area contributed by atoms with Gasteiger partial charge in [-0.05, 0) is 69.1 Å². The van der Waals surface area contributed by atoms with E-state index < -0.39 is 0 Å². The van der Waals surface area contributed by atoms with Crippen LogP contribution in [0.25, 0.3) is 0 Å². The van der Waals surface area contributed by atoms with Crippen LogP contribution in [0.2, 0.25) is 0 Å². The molecule has 0 heterocycles. The fourth-order valence-corrected chi connectivity index (χ4v) is 5.35. The Balaban J connectivity index is 1.65. The Hall–Kier alpha value is -1.32. The Kier molecular flexibility index (Phi) is 4.04. The summed E-state index contributed by atoms with van der Waals surface area (Å²) in [7, 11) is 0. The predicted octanol–water partition coefficient (Wildman–Crippen LogP) is 2.83. The highest BCUT2D eigenvalue weighted by Crippen LogP contribution is 2.60. The van der Waals surface area contributed by atoms with Crippen molar-refractivity contribution in [2.75, 3.05) is 6.54 Å². The Morgan fingerprint density at radius 3 is 2.14 bits per heavy atom. The van der Waals surface area contributed by atoms with Crippen LogP contribution in [0.3, 0.4) is 0 Å². The van der Waals surface area contributed by atoms with Crippen molar-refractivity contribution in [3.8, 4) is 0 Å². The molecule has 4 heteroatoms. The molecule has 1 amide bonds. The van der Waals surface area contributed by atoms with Gasteiger partial charge in [-0.15, -0.1) is 0 Å². The second-order valence-corrected chi connectivity index (χ2v) is 7.55. The molecule has 0 saturated heterocycles. The van der Waals surface area contributed by atoms with E-state index in [1.807, 2.05) is 0 Å². The number of nitrogens with one attached hydrogen (secondary N) is 1. The van der Waals surface area contributed by atoms with Gasteiger partial charge >= 0.3 is 5.97 Å². The molecule has 4 saturated carbocycles. The molecule has 0 aromatic heterocycles. The van der Waals surface area contributed by atoms with Crippen molar-refractivity contribution in [3.05, 3.63) is 12.2 Å². The summed E-state index contributed by atoms with van der Waals surface area (Å²) >= 11 is 0. The molecule has 1 N–H and O–H groups in total. The minimum atomic E-state index is -0.302. The number of hydrogen-bond donors (Lipinski definition) is 1. The van der Waals surface area contributed by atoms with Gasteiger partial charge in [-0.25, -0.2) is 0 Å². The molecule has 0 radical (unpaired) electrons. The maximum atomic E-state index is 12.3. The average Bonchev–Trinajstić information content (AvgIpc) is 2.47. The van der Waals surface area contributed by atoms with E-state index in [4.69, 9.17) is 4.74 Å². The molecule has 0 unspecified atom stereocenters. The van der Waals surface area contributed by atoms with Gasteiger partial charge in [-0.2, -0.15) is 0 Å². The molecule has 4 aliphatic carbocycles. The number of hydrogen-bond acceptors (Lipinski definition) is 3. The van der Waals surface area contributed by atoms with Gasteiger partial charge in [0.1, 0.15) is 12.1 Å². The molecule has 22 heavy (non-hydrogen) atoms. The lowest BCUT2D eigenvalue weighted by atomic mass is 9.49. The number of carbonyl (C=O) groups is 2. The van der Waals surface area contributed by atoms with E-state index in [9.17, 15) is 9.59 Å². The molecule has 0 aromatic carbocycles. The van der Waals surface area contributed by atoms with Crippen LogP contribution in [-0.4, -0.2) is 24.0 Å². The van der Waals surface area contributed by atoms with Crippen LogP contribution in [0.4, 0.5) is 0 Å². The molecule has 4 bridgehead atoms. The third kappa shape index (κ3) is 2.57. The van der Waals surface area contributed by atoms with Gasteiger partial charge in [0, 0.05) is 5.57 Å². The highest BCUT2D eigenvalue weighted by molar-refractivity contribution is 5.94. The van der Waals surface area contributed by atoms with Crippen LogP contribution in [-0.2, 0) is 14.3 Å². The fraction of sp³-hybridized carbons (Fsp3) is 0.778. The molecule has 0 atom stereocenters. The summed E-state index contributed by atoms with van der Waals surface area (Å²) in [4.78, 5) is 23.8. The topological polar surface area (TPSA) is 55.4 Å². The van der Waals surface area contributed by atoms with Gasteiger partial charge < -0.3 is 10.1 Å². The van der Waals surface area contributed by atoms with Crippen LogP contribution in [0.15, 0.2) is 12.2 Å². The van der Waals surface area contributed by atoms with Gasteiger partial charge in [0.2, 0.25) is 5.91 Å². The summed E-state index contributed by atoms with van der Waals surface area (Å²) in [5.74, 6) is 2.16. The summed E-state index contributed by atoms with van der Waals surface area (Å²) in [6.07, 6.45) is 7.13. The standard InChI is InChI=1S/C18H27NO3/c1-4-18(22-16(20)10-19-17(21)11(2)3)14-6-12-5-13(8-14)9-15(18)7-12/h12-15H,2,4-10H2,1,3H3,(H,19,21). The van der Waals surface area contributed by atoms with E-state index >= 15 is 0 Å². The Morgan fingerprint density at radius 1 is 1.14 bits per heavy atom. The Morgan fingerprint density at radius 2 is 1.68 bits per heavy atom. The van der Waals surface area contributed by atoms with E-state index in [0.717, 1.165) is 18.3 Å². The first-order valence-corrected chi connectivity index (χ1v) is 8.60. The first-order chi connectivity index (χ1) is 10.4. The lowest BCUT2D eigenvalue weighted by Crippen LogP contribution is -2.59. The predicted molar refractivity (Wildman–Crippen MR) is 84.0 cm³/mol. The van der Waals surface area contributed by atoms with Crippen LogP contribution in [0.5, 0.6) is 0 Å². The van der Waals surface area contributed by atoms with E-state index in [0.29, 0.717) is 17.4 Å². The zero-order valence-corrected chi connectivity index (χ0v) is 13.7. The van der Waals surface area contributed by atoms with Crippen molar-refractivity contribution in [1.82, 2.24) is 5.32 Å².